The summed E-state index contributed by atoms with van der Waals surface area (Å²) in [5.74, 6) is -1.81. The molecule has 10 rings (SSSR count). The molecule has 0 radical (unpaired) electrons. The average molecular weight is 1730 g/mol. The van der Waals surface area contributed by atoms with E-state index in [2.05, 4.69) is 136 Å². The van der Waals surface area contributed by atoms with Gasteiger partial charge >= 0.3 is 0 Å². The predicted molar refractivity (Wildman–Crippen MR) is 485 cm³/mol. The average Bonchev–Trinajstić information content (AvgIpc) is 1.58. The van der Waals surface area contributed by atoms with Crippen molar-refractivity contribution in [2.24, 2.45) is 14.1 Å². The molecular weight excluding hydrogens is 1610 g/mol. The maximum atomic E-state index is 15.9. The summed E-state index contributed by atoms with van der Waals surface area (Å²) < 4.78 is 75.7. The van der Waals surface area contributed by atoms with E-state index in [0.717, 1.165) is 70.5 Å². The number of aryl methyl sites for hydroxylation is 5. The molecule has 0 unspecified atom stereocenters. The van der Waals surface area contributed by atoms with Gasteiger partial charge in [0.15, 0.2) is 23.3 Å². The molecular formula is C94H122Br2F4N6O2S4. The van der Waals surface area contributed by atoms with E-state index in [4.69, 9.17) is 9.47 Å². The van der Waals surface area contributed by atoms with Gasteiger partial charge in [0.05, 0.1) is 43.0 Å². The molecule has 0 aliphatic heterocycles. The molecule has 0 aliphatic rings. The normalized spacial score (nSPS) is 11.6. The van der Waals surface area contributed by atoms with Crippen molar-refractivity contribution in [3.05, 3.63) is 166 Å². The number of thiophene rings is 4. The summed E-state index contributed by atoms with van der Waals surface area (Å²) in [7, 11) is 3.31. The second-order valence-corrected chi connectivity index (χ2v) is 37.1. The Labute approximate surface area is 700 Å². The molecule has 0 fully saturated rings. The van der Waals surface area contributed by atoms with E-state index in [0.29, 0.717) is 48.2 Å². The molecule has 0 bridgehead atoms. The molecule has 0 aliphatic carbocycles. The molecule has 18 heteroatoms. The maximum Gasteiger partial charge on any atom is 0.170 e. The Morgan fingerprint density at radius 3 is 1.02 bits per heavy atom. The third-order valence-electron chi connectivity index (χ3n) is 20.7. The van der Waals surface area contributed by atoms with Gasteiger partial charge in [-0.25, -0.2) is 17.6 Å². The first-order valence-electron chi connectivity index (χ1n) is 41.7. The summed E-state index contributed by atoms with van der Waals surface area (Å²) in [6, 6.07) is 23.1. The lowest BCUT2D eigenvalue weighted by atomic mass is 10.0. The van der Waals surface area contributed by atoms with Gasteiger partial charge < -0.3 is 9.47 Å². The summed E-state index contributed by atoms with van der Waals surface area (Å²) >= 11 is 12.2. The van der Waals surface area contributed by atoms with E-state index in [-0.39, 0.29) is 22.3 Å². The topological polar surface area (TPSA) is 79.9 Å². The zero-order chi connectivity index (χ0) is 80.0. The van der Waals surface area contributed by atoms with Crippen molar-refractivity contribution < 1.29 is 27.0 Å². The molecule has 606 valence electrons. The van der Waals surface area contributed by atoms with Gasteiger partial charge in [0.25, 0.3) is 0 Å². The quantitative estimate of drug-likeness (QED) is 0.0279. The number of allylic oxidation sites excluding steroid dienone is 1. The number of aromatic nitrogens is 6. The van der Waals surface area contributed by atoms with Gasteiger partial charge in [-0.3, -0.25) is 0 Å². The summed E-state index contributed by atoms with van der Waals surface area (Å²) in [4.78, 5) is 7.09. The fraction of sp³-hybridized carbons (Fsp3) is 0.489. The summed E-state index contributed by atoms with van der Waals surface area (Å²) in [6.45, 7) is 22.1. The molecule has 0 spiro atoms. The molecule has 10 aromatic rings. The number of hydrogen-bond acceptors (Lipinski definition) is 10. The van der Waals surface area contributed by atoms with Crippen LogP contribution in [0.15, 0.2) is 99.6 Å². The number of ether oxygens (including phenoxy) is 2. The number of hydrogen-bond donors (Lipinski definition) is 0. The highest BCUT2D eigenvalue weighted by atomic mass is 79.9. The summed E-state index contributed by atoms with van der Waals surface area (Å²) in [5.41, 5.74) is 8.77. The minimum atomic E-state index is -0.906. The van der Waals surface area contributed by atoms with Crippen LogP contribution in [0.2, 0.25) is 0 Å². The first-order chi connectivity index (χ1) is 54.5. The molecule has 0 N–H and O–H groups in total. The SMILES string of the molecule is C/C=C/c1cc(OCCCCCCCCCCCCCCCCCCCC)c(/C=C/c2ccc(-c3c(F)c(F)c(-c4ccc(C)s4)c4nn(C)nc34)s2)cc1C.C=Cc1cc(OCCCCCCCCCCCCCCCCCCCC)c(C=C)cc1C.Cn1nc2c(-c3ccc(Br)s3)c(F)c(F)c(-c3ccc(Br)s3)c2n1. The van der Waals surface area contributed by atoms with Crippen LogP contribution in [-0.4, -0.2) is 43.2 Å². The molecule has 112 heavy (non-hydrogen) atoms. The standard InChI is InChI=1S/C48H63F2N3OS2.C31H52O.C15H7Br2F2N3S2/c1-6-8-9-10-11-12-13-14-15-16-17-18-19-20-21-22-23-24-32-54-40-34-37(25-7-2)35(3)33-38(40)27-28-39-29-31-42(56-39)44-46(50)45(49)43(41-30-26-36(4)55-41)47-48(44)52-53(5)51-47;1-5-8-9-10-11-12-13-14-15-16-17-18-19-20-21-22-23-24-25-32-31-27-29(6-2)28(4)26-30(31)7-3;1-22-20-14-10(6-2-4-8(16)23-6)12(18)13(19)11(15(14)21-22)7-3-5-9(17)24-7/h7,25-31,33-34H,6,8-24,32H2,1-5H3;6-7,26-27H,2-3,5,8-25H2,1,4H3;2-5H,1H3/b25-7+,28-27+;;. The maximum absolute atomic E-state index is 15.9. The summed E-state index contributed by atoms with van der Waals surface area (Å²) in [6.07, 6.45) is 61.7. The second-order valence-electron chi connectivity index (χ2n) is 29.8. The van der Waals surface area contributed by atoms with E-state index in [1.807, 2.05) is 56.3 Å². The molecule has 6 aromatic heterocycles. The van der Waals surface area contributed by atoms with E-state index < -0.39 is 23.3 Å². The van der Waals surface area contributed by atoms with Crippen LogP contribution in [0.1, 0.15) is 295 Å². The van der Waals surface area contributed by atoms with Crippen LogP contribution >= 0.6 is 77.2 Å². The Bertz CT molecular complexity index is 4470. The fourth-order valence-corrected chi connectivity index (χ4v) is 19.1. The molecule has 4 aromatic carbocycles. The smallest absolute Gasteiger partial charge is 0.170 e. The summed E-state index contributed by atoms with van der Waals surface area (Å²) in [5, 5.41) is 17.5. The second kappa shape index (κ2) is 50.3. The van der Waals surface area contributed by atoms with Gasteiger partial charge in [0, 0.05) is 54.5 Å². The van der Waals surface area contributed by atoms with Crippen molar-refractivity contribution in [3.63, 3.8) is 0 Å². The Morgan fingerprint density at radius 2 is 0.679 bits per heavy atom. The van der Waals surface area contributed by atoms with Crippen LogP contribution in [0.4, 0.5) is 17.6 Å². The van der Waals surface area contributed by atoms with Gasteiger partial charge in [-0.05, 0) is 180 Å². The lowest BCUT2D eigenvalue weighted by Crippen LogP contribution is -2.00. The zero-order valence-electron chi connectivity index (χ0n) is 68.1. The van der Waals surface area contributed by atoms with E-state index in [9.17, 15) is 8.78 Å². The van der Waals surface area contributed by atoms with Gasteiger partial charge in [-0.15, -0.1) is 45.3 Å². The molecule has 0 amide bonds. The van der Waals surface area contributed by atoms with Crippen LogP contribution in [0, 0.1) is 44.0 Å². The number of benzene rings is 4. The largest absolute Gasteiger partial charge is 0.493 e. The highest BCUT2D eigenvalue weighted by Crippen LogP contribution is 2.46. The van der Waals surface area contributed by atoms with Crippen molar-refractivity contribution in [3.8, 4) is 53.3 Å². The lowest BCUT2D eigenvalue weighted by molar-refractivity contribution is 0.303. The first kappa shape index (κ1) is 91.2. The highest BCUT2D eigenvalue weighted by Gasteiger charge is 2.29. The fourth-order valence-electron chi connectivity index (χ4n) is 14.4. The highest BCUT2D eigenvalue weighted by molar-refractivity contribution is 9.11. The van der Waals surface area contributed by atoms with Crippen LogP contribution in [0.3, 0.4) is 0 Å². The minimum absolute atomic E-state index is 0.144. The Balaban J connectivity index is 0.000000235. The third-order valence-corrected chi connectivity index (χ3v) is 26.0. The Morgan fingerprint density at radius 1 is 0.366 bits per heavy atom. The molecule has 8 nitrogen and oxygen atoms in total. The van der Waals surface area contributed by atoms with Crippen LogP contribution in [-0.2, 0) is 14.1 Å². The van der Waals surface area contributed by atoms with E-state index >= 15 is 8.78 Å². The number of unbranched alkanes of at least 4 members (excludes halogenated alkanes) is 34. The van der Waals surface area contributed by atoms with Crippen molar-refractivity contribution in [1.82, 2.24) is 30.0 Å². The van der Waals surface area contributed by atoms with Gasteiger partial charge in [-0.2, -0.15) is 30.0 Å². The predicted octanol–water partition coefficient (Wildman–Crippen LogP) is 32.9. The van der Waals surface area contributed by atoms with E-state index in [1.165, 1.54) is 284 Å². The molecule has 0 saturated carbocycles. The van der Waals surface area contributed by atoms with Crippen molar-refractivity contribution in [1.29, 1.82) is 0 Å². The number of halogens is 6. The molecule has 6 heterocycles. The van der Waals surface area contributed by atoms with Crippen LogP contribution in [0.5, 0.6) is 11.5 Å². The van der Waals surface area contributed by atoms with Gasteiger partial charge in [-0.1, -0.05) is 270 Å². The van der Waals surface area contributed by atoms with Gasteiger partial charge in [0.2, 0.25) is 0 Å². The Hall–Kier alpha value is -6.28. The third kappa shape index (κ3) is 28.6. The molecule has 0 atom stereocenters. The van der Waals surface area contributed by atoms with Crippen molar-refractivity contribution >= 4 is 130 Å². The number of nitrogens with zero attached hydrogens (tertiary/aromatic N) is 6. The number of rotatable bonds is 49. The van der Waals surface area contributed by atoms with Crippen LogP contribution < -0.4 is 9.47 Å². The van der Waals surface area contributed by atoms with Gasteiger partial charge in [0.1, 0.15) is 33.6 Å². The lowest BCUT2D eigenvalue weighted by Gasteiger charge is -2.13. The zero-order valence-corrected chi connectivity index (χ0v) is 74.5. The monoisotopic (exact) mass is 1730 g/mol. The minimum Gasteiger partial charge on any atom is -0.493 e. The Kier molecular flexibility index (Phi) is 40.9. The molecule has 0 saturated heterocycles. The first-order valence-corrected chi connectivity index (χ1v) is 46.6. The van der Waals surface area contributed by atoms with E-state index in [1.54, 1.807) is 38.4 Å². The van der Waals surface area contributed by atoms with Crippen LogP contribution in [0.25, 0.3) is 94.2 Å². The number of fused-ring (bicyclic) bond motifs is 2. The van der Waals surface area contributed by atoms with Crippen molar-refractivity contribution in [2.45, 2.75) is 273 Å². The van der Waals surface area contributed by atoms with Crippen molar-refractivity contribution in [2.75, 3.05) is 13.2 Å².